The molecule has 6 nitrogen and oxygen atoms in total. The molecule has 1 aromatic carbocycles. The van der Waals surface area contributed by atoms with Gasteiger partial charge in [0.1, 0.15) is 11.9 Å². The van der Waals surface area contributed by atoms with E-state index in [0.717, 1.165) is 18.4 Å². The highest BCUT2D eigenvalue weighted by atomic mass is 19.1. The maximum absolute atomic E-state index is 13.5. The Labute approximate surface area is 153 Å². The number of hydrogen-bond acceptors (Lipinski definition) is 4. The normalized spacial score (nSPS) is 21.0. The van der Waals surface area contributed by atoms with Crippen LogP contribution < -0.4 is 5.32 Å². The lowest BCUT2D eigenvalue weighted by Gasteiger charge is -2.35. The van der Waals surface area contributed by atoms with Gasteiger partial charge in [0.2, 0.25) is 5.91 Å². The summed E-state index contributed by atoms with van der Waals surface area (Å²) in [5.41, 5.74) is 1.34. The van der Waals surface area contributed by atoms with Crippen molar-refractivity contribution in [3.05, 3.63) is 35.1 Å². The number of amides is 2. The Balaban J connectivity index is 1.39. The molecule has 2 amide bonds. The minimum atomic E-state index is -0.278. The lowest BCUT2D eigenvalue weighted by molar-refractivity contribution is -0.142. The first-order valence-corrected chi connectivity index (χ1v) is 9.17. The number of benzene rings is 1. The molecule has 0 aromatic heterocycles. The molecule has 2 heterocycles. The molecule has 0 radical (unpaired) electrons. The van der Waals surface area contributed by atoms with Crippen molar-refractivity contribution in [1.29, 1.82) is 0 Å². The quantitative estimate of drug-likeness (QED) is 0.850. The average Bonchev–Trinajstić information content (AvgIpc) is 3.17. The number of carbonyl (C=O) groups excluding carboxylic acids is 2. The van der Waals surface area contributed by atoms with Gasteiger partial charge in [0.25, 0.3) is 5.91 Å². The van der Waals surface area contributed by atoms with Gasteiger partial charge in [0.05, 0.1) is 6.54 Å². The number of hydrogen-bond donors (Lipinski definition) is 1. The molecule has 2 aliphatic heterocycles. The van der Waals surface area contributed by atoms with Crippen molar-refractivity contribution < 1.29 is 18.7 Å². The smallest absolute Gasteiger partial charge is 0.251 e. The Morgan fingerprint density at radius 1 is 1.27 bits per heavy atom. The van der Waals surface area contributed by atoms with Crippen LogP contribution in [0.5, 0.6) is 0 Å². The molecule has 3 rings (SSSR count). The van der Waals surface area contributed by atoms with Gasteiger partial charge in [-0.25, -0.2) is 4.39 Å². The first-order chi connectivity index (χ1) is 12.5. The fourth-order valence-corrected chi connectivity index (χ4v) is 3.31. The van der Waals surface area contributed by atoms with Crippen molar-refractivity contribution in [2.45, 2.75) is 32.4 Å². The van der Waals surface area contributed by atoms with E-state index in [4.69, 9.17) is 4.74 Å². The zero-order chi connectivity index (χ0) is 18.5. The first kappa shape index (κ1) is 18.8. The van der Waals surface area contributed by atoms with Gasteiger partial charge in [-0.3, -0.25) is 14.5 Å². The molecule has 2 aliphatic rings. The van der Waals surface area contributed by atoms with Gasteiger partial charge in [0, 0.05) is 39.3 Å². The van der Waals surface area contributed by atoms with E-state index in [1.54, 1.807) is 13.0 Å². The molecule has 26 heavy (non-hydrogen) atoms. The Morgan fingerprint density at radius 2 is 2.04 bits per heavy atom. The second-order valence-electron chi connectivity index (χ2n) is 6.96. The highest BCUT2D eigenvalue weighted by molar-refractivity contribution is 5.81. The minimum absolute atomic E-state index is 0.0769. The summed E-state index contributed by atoms with van der Waals surface area (Å²) in [6.45, 7) is 5.56. The van der Waals surface area contributed by atoms with Crippen LogP contribution in [0.1, 0.15) is 24.0 Å². The van der Waals surface area contributed by atoms with Crippen LogP contribution in [0, 0.1) is 12.7 Å². The lowest BCUT2D eigenvalue weighted by atomic mass is 10.1. The van der Waals surface area contributed by atoms with Gasteiger partial charge < -0.3 is 15.0 Å². The Kier molecular flexibility index (Phi) is 6.21. The van der Waals surface area contributed by atoms with Gasteiger partial charge in [-0.05, 0) is 37.0 Å². The van der Waals surface area contributed by atoms with Crippen molar-refractivity contribution in [3.63, 3.8) is 0 Å². The average molecular weight is 363 g/mol. The van der Waals surface area contributed by atoms with Crippen molar-refractivity contribution in [1.82, 2.24) is 15.1 Å². The van der Waals surface area contributed by atoms with Gasteiger partial charge >= 0.3 is 0 Å². The van der Waals surface area contributed by atoms with Gasteiger partial charge in [-0.2, -0.15) is 0 Å². The van der Waals surface area contributed by atoms with Gasteiger partial charge in [0.15, 0.2) is 0 Å². The summed E-state index contributed by atoms with van der Waals surface area (Å²) < 4.78 is 19.0. The predicted octanol–water partition coefficient (Wildman–Crippen LogP) is 1.07. The van der Waals surface area contributed by atoms with E-state index in [1.165, 1.54) is 6.07 Å². The fraction of sp³-hybridized carbons (Fsp3) is 0.579. The Hall–Kier alpha value is -1.99. The summed E-state index contributed by atoms with van der Waals surface area (Å²) >= 11 is 0. The summed E-state index contributed by atoms with van der Waals surface area (Å²) in [4.78, 5) is 28.3. The molecule has 1 atom stereocenters. The number of piperazine rings is 1. The molecule has 0 unspecified atom stereocenters. The number of carbonyl (C=O) groups is 2. The monoisotopic (exact) mass is 363 g/mol. The zero-order valence-corrected chi connectivity index (χ0v) is 15.2. The molecule has 0 saturated carbocycles. The largest absolute Gasteiger partial charge is 0.368 e. The van der Waals surface area contributed by atoms with Crippen LogP contribution in [-0.4, -0.2) is 67.0 Å². The van der Waals surface area contributed by atoms with Crippen molar-refractivity contribution in [3.8, 4) is 0 Å². The van der Waals surface area contributed by atoms with Crippen molar-refractivity contribution >= 4 is 11.8 Å². The molecule has 0 bridgehead atoms. The molecule has 0 aliphatic carbocycles. The number of nitrogens with zero attached hydrogens (tertiary/aromatic N) is 2. The third kappa shape index (κ3) is 4.80. The maximum Gasteiger partial charge on any atom is 0.251 e. The van der Waals surface area contributed by atoms with Crippen LogP contribution in [0.3, 0.4) is 0 Å². The van der Waals surface area contributed by atoms with E-state index < -0.39 is 0 Å². The van der Waals surface area contributed by atoms with E-state index in [1.807, 2.05) is 15.9 Å². The standard InChI is InChI=1S/C19H26FN3O3/c1-14-4-5-15(11-16(14)20)12-21-18(24)13-22-6-8-23(9-7-22)19(25)17-3-2-10-26-17/h4-5,11,17H,2-3,6-10,12-13H2,1H3,(H,21,24)/t17-/m0/s1. The number of nitrogens with one attached hydrogen (secondary N) is 1. The third-order valence-corrected chi connectivity index (χ3v) is 4.98. The molecule has 1 N–H and O–H groups in total. The summed E-state index contributed by atoms with van der Waals surface area (Å²) in [5.74, 6) is -0.276. The van der Waals surface area contributed by atoms with E-state index in [0.29, 0.717) is 44.9 Å². The molecular formula is C19H26FN3O3. The third-order valence-electron chi connectivity index (χ3n) is 4.98. The lowest BCUT2D eigenvalue weighted by Crippen LogP contribution is -2.53. The summed E-state index contributed by atoms with van der Waals surface area (Å²) in [5, 5.41) is 2.82. The van der Waals surface area contributed by atoms with Crippen LogP contribution in [0.2, 0.25) is 0 Å². The van der Waals surface area contributed by atoms with E-state index in [9.17, 15) is 14.0 Å². The minimum Gasteiger partial charge on any atom is -0.368 e. The van der Waals surface area contributed by atoms with E-state index in [2.05, 4.69) is 5.32 Å². The SMILES string of the molecule is Cc1ccc(CNC(=O)CN2CCN(C(=O)[C@@H]3CCCO3)CC2)cc1F. The van der Waals surface area contributed by atoms with Crippen LogP contribution in [0.15, 0.2) is 18.2 Å². The Bertz CT molecular complexity index is 653. The molecule has 0 spiro atoms. The summed E-state index contributed by atoms with van der Waals surface area (Å²) in [7, 11) is 0. The topological polar surface area (TPSA) is 61.9 Å². The molecule has 2 fully saturated rings. The second kappa shape index (κ2) is 8.60. The first-order valence-electron chi connectivity index (χ1n) is 9.17. The van der Waals surface area contributed by atoms with Crippen LogP contribution >= 0.6 is 0 Å². The molecule has 2 saturated heterocycles. The summed E-state index contributed by atoms with van der Waals surface area (Å²) in [6.07, 6.45) is 1.47. The van der Waals surface area contributed by atoms with Crippen LogP contribution in [0.25, 0.3) is 0 Å². The number of halogens is 1. The highest BCUT2D eigenvalue weighted by Gasteiger charge is 2.30. The Morgan fingerprint density at radius 3 is 2.69 bits per heavy atom. The van der Waals surface area contributed by atoms with Gasteiger partial charge in [-0.15, -0.1) is 0 Å². The van der Waals surface area contributed by atoms with Crippen LogP contribution in [-0.2, 0) is 20.9 Å². The fourth-order valence-electron chi connectivity index (χ4n) is 3.31. The predicted molar refractivity (Wildman–Crippen MR) is 95.0 cm³/mol. The highest BCUT2D eigenvalue weighted by Crippen LogP contribution is 2.16. The molecule has 7 heteroatoms. The van der Waals surface area contributed by atoms with Crippen molar-refractivity contribution in [2.24, 2.45) is 0 Å². The number of rotatable bonds is 5. The van der Waals surface area contributed by atoms with E-state index in [-0.39, 0.29) is 30.3 Å². The second-order valence-corrected chi connectivity index (χ2v) is 6.96. The summed E-state index contributed by atoms with van der Waals surface area (Å²) in [6, 6.07) is 4.97. The maximum atomic E-state index is 13.5. The van der Waals surface area contributed by atoms with Crippen LogP contribution in [0.4, 0.5) is 4.39 Å². The molecule has 1 aromatic rings. The van der Waals surface area contributed by atoms with Crippen molar-refractivity contribution in [2.75, 3.05) is 39.3 Å². The number of ether oxygens (including phenoxy) is 1. The zero-order valence-electron chi connectivity index (χ0n) is 15.2. The number of aryl methyl sites for hydroxylation is 1. The van der Waals surface area contributed by atoms with E-state index >= 15 is 0 Å². The molecule has 142 valence electrons. The molecular weight excluding hydrogens is 337 g/mol. The van der Waals surface area contributed by atoms with Gasteiger partial charge in [-0.1, -0.05) is 12.1 Å².